The topological polar surface area (TPSA) is 68.3 Å². The summed E-state index contributed by atoms with van der Waals surface area (Å²) in [5.74, 6) is 0. The van der Waals surface area contributed by atoms with Crippen LogP contribution in [0.4, 0.5) is 0 Å². The summed E-state index contributed by atoms with van der Waals surface area (Å²) in [5.41, 5.74) is 0.649. The number of sulfonamides is 1. The molecule has 0 spiro atoms. The van der Waals surface area contributed by atoms with Gasteiger partial charge in [0, 0.05) is 11.6 Å². The Hall–Kier alpha value is -1.50. The van der Waals surface area contributed by atoms with E-state index >= 15 is 0 Å². The number of nitrogens with one attached hydrogen (secondary N) is 1. The van der Waals surface area contributed by atoms with Gasteiger partial charge in [0.25, 0.3) is 10.0 Å². The molecule has 0 atom stereocenters. The van der Waals surface area contributed by atoms with Crippen molar-refractivity contribution in [2.45, 2.75) is 36.7 Å². The second-order valence-corrected chi connectivity index (χ2v) is 6.55. The standard InChI is InChI=1S/C14H16N2O3S/c17-20(18,16-19-11-5-1-2-6-11)14-9-3-8-13-12(14)7-4-10-15-13/h3-4,7-11,16H,1-2,5-6H2. The van der Waals surface area contributed by atoms with Crippen molar-refractivity contribution in [2.75, 3.05) is 0 Å². The van der Waals surface area contributed by atoms with Gasteiger partial charge in [-0.2, -0.15) is 0 Å². The Morgan fingerprint density at radius 2 is 1.95 bits per heavy atom. The van der Waals surface area contributed by atoms with Crippen molar-refractivity contribution in [3.63, 3.8) is 0 Å². The third-order valence-corrected chi connectivity index (χ3v) is 4.77. The molecule has 1 fully saturated rings. The molecular formula is C14H16N2O3S. The molecule has 5 nitrogen and oxygen atoms in total. The number of nitrogens with zero attached hydrogens (tertiary/aromatic N) is 1. The van der Waals surface area contributed by atoms with Crippen LogP contribution in [0.1, 0.15) is 25.7 Å². The highest BCUT2D eigenvalue weighted by Crippen LogP contribution is 2.23. The van der Waals surface area contributed by atoms with Crippen molar-refractivity contribution >= 4 is 20.9 Å². The van der Waals surface area contributed by atoms with E-state index in [-0.39, 0.29) is 11.0 Å². The first kappa shape index (κ1) is 13.5. The Bertz CT molecular complexity index is 704. The summed E-state index contributed by atoms with van der Waals surface area (Å²) in [7, 11) is -3.69. The molecule has 106 valence electrons. The Labute approximate surface area is 118 Å². The number of benzene rings is 1. The zero-order chi connectivity index (χ0) is 14.0. The minimum Gasteiger partial charge on any atom is -0.284 e. The van der Waals surface area contributed by atoms with Gasteiger partial charge >= 0.3 is 0 Å². The molecule has 0 saturated heterocycles. The van der Waals surface area contributed by atoms with Gasteiger partial charge in [-0.25, -0.2) is 8.42 Å². The van der Waals surface area contributed by atoms with Crippen LogP contribution in [-0.2, 0) is 14.9 Å². The number of aromatic nitrogens is 1. The van der Waals surface area contributed by atoms with Gasteiger partial charge in [0.05, 0.1) is 16.5 Å². The van der Waals surface area contributed by atoms with Crippen LogP contribution >= 0.6 is 0 Å². The summed E-state index contributed by atoms with van der Waals surface area (Å²) in [6, 6.07) is 8.49. The molecule has 0 radical (unpaired) electrons. The van der Waals surface area contributed by atoms with Crippen molar-refractivity contribution in [2.24, 2.45) is 0 Å². The van der Waals surface area contributed by atoms with Crippen molar-refractivity contribution in [3.8, 4) is 0 Å². The lowest BCUT2D eigenvalue weighted by Crippen LogP contribution is -2.28. The van der Waals surface area contributed by atoms with E-state index in [0.717, 1.165) is 25.7 Å². The molecule has 0 unspecified atom stereocenters. The summed E-state index contributed by atoms with van der Waals surface area (Å²) < 4.78 is 24.7. The third-order valence-electron chi connectivity index (χ3n) is 3.52. The van der Waals surface area contributed by atoms with Crippen molar-refractivity contribution in [1.29, 1.82) is 0 Å². The van der Waals surface area contributed by atoms with Gasteiger partial charge in [0.15, 0.2) is 0 Å². The quantitative estimate of drug-likeness (QED) is 0.879. The van der Waals surface area contributed by atoms with Crippen LogP contribution in [-0.4, -0.2) is 19.5 Å². The highest BCUT2D eigenvalue weighted by molar-refractivity contribution is 7.89. The van der Waals surface area contributed by atoms with Gasteiger partial charge in [-0.05, 0) is 37.1 Å². The van der Waals surface area contributed by atoms with E-state index in [1.807, 2.05) is 0 Å². The first-order valence-corrected chi connectivity index (χ1v) is 8.16. The number of fused-ring (bicyclic) bond motifs is 1. The molecular weight excluding hydrogens is 276 g/mol. The molecule has 1 heterocycles. The van der Waals surface area contributed by atoms with Crippen LogP contribution in [0.2, 0.25) is 0 Å². The highest BCUT2D eigenvalue weighted by atomic mass is 32.2. The van der Waals surface area contributed by atoms with Gasteiger partial charge < -0.3 is 0 Å². The first-order chi connectivity index (χ1) is 9.67. The molecule has 0 bridgehead atoms. The highest BCUT2D eigenvalue weighted by Gasteiger charge is 2.22. The van der Waals surface area contributed by atoms with Gasteiger partial charge in [-0.15, -0.1) is 0 Å². The van der Waals surface area contributed by atoms with Gasteiger partial charge in [0.1, 0.15) is 0 Å². The molecule has 0 aliphatic heterocycles. The van der Waals surface area contributed by atoms with Gasteiger partial charge in [0.2, 0.25) is 0 Å². The van der Waals surface area contributed by atoms with E-state index in [1.165, 1.54) is 0 Å². The van der Waals surface area contributed by atoms with E-state index in [0.29, 0.717) is 10.9 Å². The van der Waals surface area contributed by atoms with Crippen LogP contribution in [0.3, 0.4) is 0 Å². The van der Waals surface area contributed by atoms with Crippen LogP contribution in [0.15, 0.2) is 41.4 Å². The zero-order valence-electron chi connectivity index (χ0n) is 11.0. The van der Waals surface area contributed by atoms with E-state index in [4.69, 9.17) is 4.84 Å². The second-order valence-electron chi connectivity index (χ2n) is 4.94. The number of rotatable bonds is 4. The molecule has 1 aliphatic rings. The van der Waals surface area contributed by atoms with Crippen molar-refractivity contribution in [1.82, 2.24) is 9.87 Å². The minimum atomic E-state index is -3.69. The SMILES string of the molecule is O=S(=O)(NOC1CCCC1)c1cccc2ncccc12. The lowest BCUT2D eigenvalue weighted by Gasteiger charge is -2.13. The molecule has 1 saturated carbocycles. The van der Waals surface area contributed by atoms with Crippen LogP contribution < -0.4 is 4.89 Å². The molecule has 20 heavy (non-hydrogen) atoms. The zero-order valence-corrected chi connectivity index (χ0v) is 11.8. The molecule has 6 heteroatoms. The molecule has 0 amide bonds. The van der Waals surface area contributed by atoms with Crippen LogP contribution in [0.25, 0.3) is 10.9 Å². The molecule has 2 aromatic rings. The van der Waals surface area contributed by atoms with Crippen LogP contribution in [0, 0.1) is 0 Å². The second kappa shape index (κ2) is 5.47. The monoisotopic (exact) mass is 292 g/mol. The Morgan fingerprint density at radius 3 is 2.75 bits per heavy atom. The maximum atomic E-state index is 12.3. The summed E-state index contributed by atoms with van der Waals surface area (Å²) in [6.07, 6.45) is 5.60. The molecule has 1 aliphatic carbocycles. The fraction of sp³-hybridized carbons (Fsp3) is 0.357. The molecule has 1 aromatic carbocycles. The smallest absolute Gasteiger partial charge is 0.263 e. The fourth-order valence-corrected chi connectivity index (χ4v) is 3.56. The average molecular weight is 292 g/mol. The third kappa shape index (κ3) is 2.67. The summed E-state index contributed by atoms with van der Waals surface area (Å²) >= 11 is 0. The van der Waals surface area contributed by atoms with Gasteiger partial charge in [-0.3, -0.25) is 9.82 Å². The lowest BCUT2D eigenvalue weighted by molar-refractivity contribution is 0.0224. The molecule has 1 aromatic heterocycles. The average Bonchev–Trinajstić information content (AvgIpc) is 2.98. The fourth-order valence-electron chi connectivity index (χ4n) is 2.49. The Balaban J connectivity index is 1.88. The van der Waals surface area contributed by atoms with E-state index in [2.05, 4.69) is 9.87 Å². The van der Waals surface area contributed by atoms with E-state index in [1.54, 1.807) is 36.5 Å². The number of hydrogen-bond acceptors (Lipinski definition) is 4. The maximum Gasteiger partial charge on any atom is 0.263 e. The van der Waals surface area contributed by atoms with Crippen molar-refractivity contribution in [3.05, 3.63) is 36.5 Å². The lowest BCUT2D eigenvalue weighted by atomic mass is 10.2. The first-order valence-electron chi connectivity index (χ1n) is 6.68. The van der Waals surface area contributed by atoms with E-state index in [9.17, 15) is 8.42 Å². The van der Waals surface area contributed by atoms with E-state index < -0.39 is 10.0 Å². The maximum absolute atomic E-state index is 12.3. The summed E-state index contributed by atoms with van der Waals surface area (Å²) in [5, 5.41) is 0.595. The van der Waals surface area contributed by atoms with Crippen LogP contribution in [0.5, 0.6) is 0 Å². The summed E-state index contributed by atoms with van der Waals surface area (Å²) in [6.45, 7) is 0. The predicted molar refractivity (Wildman–Crippen MR) is 75.4 cm³/mol. The number of pyridine rings is 1. The number of hydrogen-bond donors (Lipinski definition) is 1. The van der Waals surface area contributed by atoms with Gasteiger partial charge in [-0.1, -0.05) is 23.8 Å². The molecule has 1 N–H and O–H groups in total. The Kier molecular flexibility index (Phi) is 3.69. The summed E-state index contributed by atoms with van der Waals surface area (Å²) in [4.78, 5) is 11.9. The molecule has 3 rings (SSSR count). The Morgan fingerprint density at radius 1 is 1.15 bits per heavy atom. The normalized spacial score (nSPS) is 16.8. The van der Waals surface area contributed by atoms with Crippen molar-refractivity contribution < 1.29 is 13.3 Å². The largest absolute Gasteiger partial charge is 0.284 e. The minimum absolute atomic E-state index is 0.0159. The predicted octanol–water partition coefficient (Wildman–Crippen LogP) is 2.39.